The van der Waals surface area contributed by atoms with Gasteiger partial charge in [-0.05, 0) is 24.3 Å². The molecule has 6 heteroatoms. The zero-order chi connectivity index (χ0) is 18.8. The molecule has 0 aromatic heterocycles. The monoisotopic (exact) mass is 368 g/mol. The van der Waals surface area contributed by atoms with Crippen molar-refractivity contribution >= 4 is 23.1 Å². The van der Waals surface area contributed by atoms with Crippen LogP contribution in [0.5, 0.6) is 0 Å². The Morgan fingerprint density at radius 1 is 0.741 bits per heavy atom. The number of nitrogens with one attached hydrogen (secondary N) is 1. The quantitative estimate of drug-likeness (QED) is 0.337. The summed E-state index contributed by atoms with van der Waals surface area (Å²) >= 11 is 0. The Hall–Kier alpha value is -3.28. The predicted molar refractivity (Wildman–Crippen MR) is 95.6 cm³/mol. The largest absolute Gasteiger partial charge is 0.354 e. The number of rotatable bonds is 1. The number of para-hydroxylation sites is 2. The lowest BCUT2D eigenvalue weighted by molar-refractivity contribution is 0.406. The summed E-state index contributed by atoms with van der Waals surface area (Å²) in [5.41, 5.74) is 0.203. The Bertz CT molecular complexity index is 1110. The van der Waals surface area contributed by atoms with Crippen molar-refractivity contribution in [1.29, 1.82) is 0 Å². The zero-order valence-electron chi connectivity index (χ0n) is 13.8. The molecule has 2 aliphatic rings. The molecule has 0 aliphatic carbocycles. The van der Waals surface area contributed by atoms with Gasteiger partial charge in [0.1, 0.15) is 0 Å². The van der Waals surface area contributed by atoms with Gasteiger partial charge in [0.25, 0.3) is 0 Å². The topological polar surface area (TPSA) is 15.3 Å². The van der Waals surface area contributed by atoms with E-state index in [1.807, 2.05) is 30.3 Å². The van der Waals surface area contributed by atoms with Gasteiger partial charge in [-0.1, -0.05) is 42.5 Å². The van der Waals surface area contributed by atoms with Gasteiger partial charge in [-0.2, -0.15) is 0 Å². The fraction of sp³-hybridized carbons (Fsp3) is 0.0476. The van der Waals surface area contributed by atoms with Crippen LogP contribution in [0.15, 0.2) is 60.7 Å². The van der Waals surface area contributed by atoms with Gasteiger partial charge in [-0.25, -0.2) is 17.6 Å². The first-order chi connectivity index (χ1) is 13.0. The minimum absolute atomic E-state index is 0.323. The summed E-state index contributed by atoms with van der Waals surface area (Å²) in [5, 5.41) is 3.32. The van der Waals surface area contributed by atoms with Gasteiger partial charge in [0.2, 0.25) is 0 Å². The highest BCUT2D eigenvalue weighted by Gasteiger charge is 2.48. The van der Waals surface area contributed by atoms with Gasteiger partial charge in [0.15, 0.2) is 28.9 Å². The van der Waals surface area contributed by atoms with Crippen LogP contribution in [-0.4, -0.2) is 0 Å². The normalized spacial score (nSPS) is 19.3. The molecule has 0 amide bonds. The van der Waals surface area contributed by atoms with Gasteiger partial charge in [0, 0.05) is 11.1 Å². The second kappa shape index (κ2) is 5.36. The lowest BCUT2D eigenvalue weighted by Gasteiger charge is -2.41. The van der Waals surface area contributed by atoms with E-state index in [0.717, 1.165) is 5.56 Å². The first-order valence-corrected chi connectivity index (χ1v) is 8.33. The number of hydrogen-bond acceptors (Lipinski definition) is 2. The van der Waals surface area contributed by atoms with E-state index in [4.69, 9.17) is 0 Å². The van der Waals surface area contributed by atoms with Crippen LogP contribution in [0.2, 0.25) is 0 Å². The average Bonchev–Trinajstić information content (AvgIpc) is 3.06. The summed E-state index contributed by atoms with van der Waals surface area (Å²) in [7, 11) is 0. The molecular formula is C21H12F4N2. The standard InChI is InChI=1S/C21H12F4N2/c22-16-13-10-11-21(12-6-2-1-3-7-12)26-14-8-4-5-9-15(14)27(21)20(13)19(25)18(24)17(16)23/h1-11,26H. The van der Waals surface area contributed by atoms with Crippen LogP contribution in [0.4, 0.5) is 34.6 Å². The molecule has 0 spiro atoms. The Labute approximate surface area is 152 Å². The molecular weight excluding hydrogens is 356 g/mol. The summed E-state index contributed by atoms with van der Waals surface area (Å²) in [6, 6.07) is 16.2. The molecule has 134 valence electrons. The van der Waals surface area contributed by atoms with Crippen molar-refractivity contribution < 1.29 is 17.6 Å². The molecule has 0 bridgehead atoms. The molecule has 0 saturated carbocycles. The van der Waals surface area contributed by atoms with E-state index >= 15 is 0 Å². The summed E-state index contributed by atoms with van der Waals surface area (Å²) in [6.07, 6.45) is 2.92. The molecule has 5 rings (SSSR count). The highest BCUT2D eigenvalue weighted by atomic mass is 19.2. The van der Waals surface area contributed by atoms with Gasteiger partial charge in [0.05, 0.1) is 17.1 Å². The smallest absolute Gasteiger partial charge is 0.199 e. The average molecular weight is 368 g/mol. The molecule has 0 saturated heterocycles. The van der Waals surface area contributed by atoms with Gasteiger partial charge < -0.3 is 10.2 Å². The van der Waals surface area contributed by atoms with Crippen LogP contribution < -0.4 is 10.2 Å². The molecule has 1 N–H and O–H groups in total. The number of fused-ring (bicyclic) bond motifs is 5. The summed E-state index contributed by atoms with van der Waals surface area (Å²) in [6.45, 7) is 0. The Morgan fingerprint density at radius 3 is 2.19 bits per heavy atom. The highest BCUT2D eigenvalue weighted by molar-refractivity contribution is 5.92. The third-order valence-electron chi connectivity index (χ3n) is 5.03. The third-order valence-corrected chi connectivity index (χ3v) is 5.03. The Morgan fingerprint density at radius 2 is 1.41 bits per heavy atom. The Kier molecular flexibility index (Phi) is 3.16. The van der Waals surface area contributed by atoms with Crippen LogP contribution in [0.1, 0.15) is 11.1 Å². The van der Waals surface area contributed by atoms with E-state index in [0.29, 0.717) is 11.4 Å². The fourth-order valence-electron chi connectivity index (χ4n) is 3.84. The van der Waals surface area contributed by atoms with Crippen molar-refractivity contribution in [2.75, 3.05) is 10.2 Å². The minimum atomic E-state index is -1.83. The van der Waals surface area contributed by atoms with E-state index in [2.05, 4.69) is 5.32 Å². The van der Waals surface area contributed by atoms with Crippen molar-refractivity contribution in [3.63, 3.8) is 0 Å². The molecule has 1 unspecified atom stereocenters. The lowest BCUT2D eigenvalue weighted by Crippen LogP contribution is -2.46. The maximum atomic E-state index is 14.9. The number of halogens is 4. The number of benzene rings is 3. The molecule has 2 nitrogen and oxygen atoms in total. The summed E-state index contributed by atoms with van der Waals surface area (Å²) in [4.78, 5) is 1.48. The minimum Gasteiger partial charge on any atom is -0.354 e. The zero-order valence-corrected chi connectivity index (χ0v) is 13.8. The highest BCUT2D eigenvalue weighted by Crippen LogP contribution is 2.54. The molecule has 2 aliphatic heterocycles. The van der Waals surface area contributed by atoms with E-state index in [9.17, 15) is 17.6 Å². The summed E-state index contributed by atoms with van der Waals surface area (Å²) in [5.74, 6) is -6.48. The van der Waals surface area contributed by atoms with Crippen LogP contribution in [0.25, 0.3) is 6.08 Å². The molecule has 1 atom stereocenters. The van der Waals surface area contributed by atoms with E-state index in [1.165, 1.54) is 11.0 Å². The van der Waals surface area contributed by atoms with Crippen molar-refractivity contribution in [1.82, 2.24) is 0 Å². The van der Waals surface area contributed by atoms with Crippen LogP contribution >= 0.6 is 0 Å². The van der Waals surface area contributed by atoms with Gasteiger partial charge >= 0.3 is 0 Å². The molecule has 0 radical (unpaired) electrons. The number of nitrogens with zero attached hydrogens (tertiary/aromatic N) is 1. The second-order valence-corrected chi connectivity index (χ2v) is 6.46. The van der Waals surface area contributed by atoms with Crippen LogP contribution in [0.3, 0.4) is 0 Å². The molecule has 27 heavy (non-hydrogen) atoms. The molecule has 3 aromatic carbocycles. The van der Waals surface area contributed by atoms with Crippen LogP contribution in [0, 0.1) is 23.3 Å². The maximum absolute atomic E-state index is 14.9. The van der Waals surface area contributed by atoms with E-state index < -0.39 is 28.9 Å². The fourth-order valence-corrected chi connectivity index (χ4v) is 3.84. The number of anilines is 3. The first-order valence-electron chi connectivity index (χ1n) is 8.33. The Balaban J connectivity index is 1.88. The van der Waals surface area contributed by atoms with Crippen molar-refractivity contribution in [3.05, 3.63) is 95.1 Å². The third kappa shape index (κ3) is 1.95. The number of hydrogen-bond donors (Lipinski definition) is 1. The van der Waals surface area contributed by atoms with E-state index in [1.54, 1.807) is 30.3 Å². The van der Waals surface area contributed by atoms with Crippen molar-refractivity contribution in [3.8, 4) is 0 Å². The molecule has 3 aromatic rings. The predicted octanol–water partition coefficient (Wildman–Crippen LogP) is 5.69. The maximum Gasteiger partial charge on any atom is 0.199 e. The van der Waals surface area contributed by atoms with Crippen LogP contribution in [-0.2, 0) is 5.66 Å². The van der Waals surface area contributed by atoms with E-state index in [-0.39, 0.29) is 11.3 Å². The van der Waals surface area contributed by atoms with Crippen molar-refractivity contribution in [2.24, 2.45) is 0 Å². The molecule has 2 heterocycles. The van der Waals surface area contributed by atoms with Gasteiger partial charge in [-0.3, -0.25) is 0 Å². The molecule has 0 fully saturated rings. The van der Waals surface area contributed by atoms with Crippen molar-refractivity contribution in [2.45, 2.75) is 5.66 Å². The lowest BCUT2D eigenvalue weighted by atomic mass is 9.91. The SMILES string of the molecule is Fc1c(F)c(F)c2c(c1F)C=CC1(c3ccccc3)Nc3ccccc3N21. The second-order valence-electron chi connectivity index (χ2n) is 6.46. The first kappa shape index (κ1) is 15.9. The van der Waals surface area contributed by atoms with Gasteiger partial charge in [-0.15, -0.1) is 0 Å². The summed E-state index contributed by atoms with van der Waals surface area (Å²) < 4.78 is 57.1.